The van der Waals surface area contributed by atoms with Crippen LogP contribution in [0.4, 0.5) is 0 Å². The van der Waals surface area contributed by atoms with E-state index < -0.39 is 0 Å². The summed E-state index contributed by atoms with van der Waals surface area (Å²) in [5.74, 6) is -0.350. The molecule has 1 amide bonds. The predicted octanol–water partition coefficient (Wildman–Crippen LogP) is 4.97. The first-order chi connectivity index (χ1) is 15.5. The van der Waals surface area contributed by atoms with Crippen LogP contribution >= 0.6 is 11.8 Å². The number of hydrogen-bond donors (Lipinski definition) is 1. The first kappa shape index (κ1) is 22.6. The molecule has 1 aromatic carbocycles. The molecule has 2 heterocycles. The fraction of sp³-hybridized carbons (Fsp3) is 0.480. The zero-order valence-electron chi connectivity index (χ0n) is 19.0. The van der Waals surface area contributed by atoms with Gasteiger partial charge >= 0.3 is 5.97 Å². The Morgan fingerprint density at radius 2 is 2.03 bits per heavy atom. The maximum Gasteiger partial charge on any atom is 0.338 e. The van der Waals surface area contributed by atoms with Crippen molar-refractivity contribution < 1.29 is 14.3 Å². The average molecular weight is 454 g/mol. The first-order valence-corrected chi connectivity index (χ1v) is 12.3. The number of allylic oxidation sites excluding steroid dienone is 1. The van der Waals surface area contributed by atoms with Gasteiger partial charge in [0.15, 0.2) is 5.17 Å². The summed E-state index contributed by atoms with van der Waals surface area (Å²) in [6, 6.07) is 8.06. The number of benzene rings is 1. The highest BCUT2D eigenvalue weighted by molar-refractivity contribution is 8.16. The molecule has 32 heavy (non-hydrogen) atoms. The number of nitrogens with one attached hydrogen (secondary N) is 1. The fourth-order valence-electron chi connectivity index (χ4n) is 4.76. The number of esters is 1. The van der Waals surface area contributed by atoms with Gasteiger partial charge in [0.1, 0.15) is 0 Å². The molecule has 1 fully saturated rings. The quantitative estimate of drug-likeness (QED) is 0.616. The summed E-state index contributed by atoms with van der Waals surface area (Å²) in [7, 11) is 1.41. The molecule has 1 aliphatic carbocycles. The highest BCUT2D eigenvalue weighted by atomic mass is 32.2. The molecule has 3 aliphatic rings. The van der Waals surface area contributed by atoms with E-state index in [2.05, 4.69) is 11.4 Å². The van der Waals surface area contributed by atoms with E-state index >= 15 is 0 Å². The SMILES string of the molecule is CCC1=C(C(=O)OC)[C@H](c2cccc(C)c2)N2C(CC(=O)NC3CCCCC3)=CSC2=N1. The number of carbonyl (C=O) groups excluding carboxylic acids is 2. The molecule has 0 saturated heterocycles. The van der Waals surface area contributed by atoms with Crippen LogP contribution in [0.15, 0.2) is 51.6 Å². The van der Waals surface area contributed by atoms with Crippen LogP contribution in [0.3, 0.4) is 0 Å². The number of hydrogen-bond acceptors (Lipinski definition) is 6. The topological polar surface area (TPSA) is 71.0 Å². The largest absolute Gasteiger partial charge is 0.466 e. The molecule has 0 spiro atoms. The van der Waals surface area contributed by atoms with E-state index in [9.17, 15) is 9.59 Å². The van der Waals surface area contributed by atoms with Gasteiger partial charge in [0.05, 0.1) is 30.8 Å². The standard InChI is InChI=1S/C25H31N3O3S/c1-4-20-22(24(30)31-3)23(17-10-8-9-16(2)13-17)28-19(15-32-25(28)27-20)14-21(29)26-18-11-6-5-7-12-18/h8-10,13,15,18,23H,4-7,11-12,14H2,1-3H3,(H,26,29)/t23-/m0/s1. The van der Waals surface area contributed by atoms with E-state index in [1.165, 1.54) is 38.1 Å². The summed E-state index contributed by atoms with van der Waals surface area (Å²) in [5.41, 5.74) is 4.25. The molecule has 1 aromatic rings. The molecule has 0 radical (unpaired) electrons. The molecule has 0 bridgehead atoms. The maximum atomic E-state index is 12.9. The van der Waals surface area contributed by atoms with E-state index in [0.717, 1.165) is 40.5 Å². The molecule has 2 aliphatic heterocycles. The Balaban J connectivity index is 1.66. The lowest BCUT2D eigenvalue weighted by atomic mass is 9.92. The van der Waals surface area contributed by atoms with Crippen LogP contribution in [0, 0.1) is 6.92 Å². The molecule has 7 heteroatoms. The molecule has 6 nitrogen and oxygen atoms in total. The van der Waals surface area contributed by atoms with Gasteiger partial charge in [0, 0.05) is 11.7 Å². The zero-order valence-corrected chi connectivity index (χ0v) is 19.8. The summed E-state index contributed by atoms with van der Waals surface area (Å²) in [4.78, 5) is 32.6. The summed E-state index contributed by atoms with van der Waals surface area (Å²) >= 11 is 1.51. The number of carbonyl (C=O) groups is 2. The molecular weight excluding hydrogens is 422 g/mol. The molecule has 170 valence electrons. The normalized spacial score (nSPS) is 21.1. The zero-order chi connectivity index (χ0) is 22.7. The van der Waals surface area contributed by atoms with E-state index in [1.54, 1.807) is 0 Å². The number of aryl methyl sites for hydroxylation is 1. The number of amidine groups is 1. The van der Waals surface area contributed by atoms with Crippen LogP contribution in [-0.2, 0) is 14.3 Å². The second-order valence-corrected chi connectivity index (χ2v) is 9.43. The monoisotopic (exact) mass is 453 g/mol. The van der Waals surface area contributed by atoms with Crippen LogP contribution in [0.1, 0.15) is 69.0 Å². The number of fused-ring (bicyclic) bond motifs is 1. The molecule has 4 rings (SSSR count). The fourth-order valence-corrected chi connectivity index (χ4v) is 5.70. The van der Waals surface area contributed by atoms with Gasteiger partial charge in [-0.3, -0.25) is 4.79 Å². The van der Waals surface area contributed by atoms with Gasteiger partial charge in [0.2, 0.25) is 5.91 Å². The first-order valence-electron chi connectivity index (χ1n) is 11.4. The Kier molecular flexibility index (Phi) is 7.04. The van der Waals surface area contributed by atoms with Crippen molar-refractivity contribution in [3.05, 3.63) is 57.8 Å². The molecule has 1 atom stereocenters. The van der Waals surface area contributed by atoms with Gasteiger partial charge < -0.3 is 15.0 Å². The van der Waals surface area contributed by atoms with E-state index in [4.69, 9.17) is 9.73 Å². The van der Waals surface area contributed by atoms with Gasteiger partial charge in [-0.15, -0.1) is 0 Å². The third-order valence-corrected chi connectivity index (χ3v) is 7.19. The number of methoxy groups -OCH3 is 1. The minimum atomic E-state index is -0.376. The molecule has 0 unspecified atom stereocenters. The van der Waals surface area contributed by atoms with E-state index in [-0.39, 0.29) is 30.4 Å². The molecule has 1 saturated carbocycles. The van der Waals surface area contributed by atoms with E-state index in [0.29, 0.717) is 12.0 Å². The smallest absolute Gasteiger partial charge is 0.338 e. The van der Waals surface area contributed by atoms with Gasteiger partial charge in [-0.05, 0) is 37.2 Å². The summed E-state index contributed by atoms with van der Waals surface area (Å²) in [6.07, 6.45) is 6.60. The van der Waals surface area contributed by atoms with Crippen molar-refractivity contribution in [3.8, 4) is 0 Å². The van der Waals surface area contributed by atoms with Crippen LogP contribution in [0.25, 0.3) is 0 Å². The maximum absolute atomic E-state index is 12.9. The second kappa shape index (κ2) is 9.94. The summed E-state index contributed by atoms with van der Waals surface area (Å²) < 4.78 is 5.17. The van der Waals surface area contributed by atoms with Crippen LogP contribution in [0.2, 0.25) is 0 Å². The number of rotatable bonds is 6. The minimum Gasteiger partial charge on any atom is -0.466 e. The summed E-state index contributed by atoms with van der Waals surface area (Å²) in [5, 5.41) is 6.01. The van der Waals surface area contributed by atoms with Crippen molar-refractivity contribution in [2.45, 2.75) is 70.9 Å². The molecule has 0 aromatic heterocycles. The lowest BCUT2D eigenvalue weighted by Gasteiger charge is -2.36. The average Bonchev–Trinajstić information content (AvgIpc) is 3.19. The van der Waals surface area contributed by atoms with Crippen LogP contribution in [0.5, 0.6) is 0 Å². The van der Waals surface area contributed by atoms with Crippen molar-refractivity contribution in [2.24, 2.45) is 4.99 Å². The van der Waals surface area contributed by atoms with Crippen LogP contribution in [-0.4, -0.2) is 35.1 Å². The van der Waals surface area contributed by atoms with Crippen LogP contribution < -0.4 is 5.32 Å². The molecule has 1 N–H and O–H groups in total. The molecular formula is C25H31N3O3S. The number of amides is 1. The Labute approximate surface area is 194 Å². The Morgan fingerprint density at radius 3 is 2.72 bits per heavy atom. The highest BCUT2D eigenvalue weighted by Gasteiger charge is 2.41. The number of thioether (sulfide) groups is 1. The van der Waals surface area contributed by atoms with Crippen molar-refractivity contribution >= 4 is 28.8 Å². The van der Waals surface area contributed by atoms with Crippen molar-refractivity contribution in [2.75, 3.05) is 7.11 Å². The highest BCUT2D eigenvalue weighted by Crippen LogP contribution is 2.45. The lowest BCUT2D eigenvalue weighted by molar-refractivity contribution is -0.136. The van der Waals surface area contributed by atoms with Crippen molar-refractivity contribution in [3.63, 3.8) is 0 Å². The number of aliphatic imine (C=N–C) groups is 1. The third-order valence-electron chi connectivity index (χ3n) is 6.30. The van der Waals surface area contributed by atoms with Gasteiger partial charge in [-0.2, -0.15) is 0 Å². The Morgan fingerprint density at radius 1 is 1.25 bits per heavy atom. The Hall–Kier alpha value is -2.54. The summed E-state index contributed by atoms with van der Waals surface area (Å²) in [6.45, 7) is 4.04. The number of ether oxygens (including phenoxy) is 1. The second-order valence-electron chi connectivity index (χ2n) is 8.59. The van der Waals surface area contributed by atoms with E-state index in [1.807, 2.05) is 42.4 Å². The third kappa shape index (κ3) is 4.63. The van der Waals surface area contributed by atoms with Gasteiger partial charge in [0.25, 0.3) is 0 Å². The van der Waals surface area contributed by atoms with Crippen molar-refractivity contribution in [1.29, 1.82) is 0 Å². The minimum absolute atomic E-state index is 0.0258. The van der Waals surface area contributed by atoms with Gasteiger partial charge in [-0.25, -0.2) is 9.79 Å². The van der Waals surface area contributed by atoms with Gasteiger partial charge in [-0.1, -0.05) is 67.8 Å². The predicted molar refractivity (Wildman–Crippen MR) is 128 cm³/mol. The lowest BCUT2D eigenvalue weighted by Crippen LogP contribution is -2.40. The number of nitrogens with zero attached hydrogens (tertiary/aromatic N) is 2. The Bertz CT molecular complexity index is 992. The van der Waals surface area contributed by atoms with Crippen molar-refractivity contribution in [1.82, 2.24) is 10.2 Å².